The summed E-state index contributed by atoms with van der Waals surface area (Å²) >= 11 is 0. The smallest absolute Gasteiger partial charge is 0.395 e. The highest BCUT2D eigenvalue weighted by Gasteiger charge is 2.43. The summed E-state index contributed by atoms with van der Waals surface area (Å²) in [4.78, 5) is 11.6. The number of carbonyl (C=O) groups is 1. The third-order valence-corrected chi connectivity index (χ3v) is 3.96. The molecule has 0 bridgehead atoms. The Labute approximate surface area is 131 Å². The van der Waals surface area contributed by atoms with Crippen molar-refractivity contribution in [1.29, 1.82) is 0 Å². The number of aryl methyl sites for hydroxylation is 1. The van der Waals surface area contributed by atoms with Crippen LogP contribution in [0, 0.1) is 0 Å². The summed E-state index contributed by atoms with van der Waals surface area (Å²) in [6, 6.07) is 10.4. The first-order valence-electron chi connectivity index (χ1n) is 7.33. The minimum absolute atomic E-state index is 0.0156. The molecule has 23 heavy (non-hydrogen) atoms. The largest absolute Gasteiger partial charge is 0.586 e. The molecule has 1 amide bonds. The molecule has 0 unspecified atom stereocenters. The maximum atomic E-state index is 13.1. The van der Waals surface area contributed by atoms with Gasteiger partial charge in [-0.05, 0) is 53.8 Å². The minimum Gasteiger partial charge on any atom is -0.395 e. The third kappa shape index (κ3) is 2.60. The molecule has 1 N–H and O–H groups in total. The molecule has 0 radical (unpaired) electrons. The number of anilines is 1. The maximum Gasteiger partial charge on any atom is 0.586 e. The average Bonchev–Trinajstić information content (AvgIpc) is 2.68. The fourth-order valence-electron chi connectivity index (χ4n) is 2.88. The van der Waals surface area contributed by atoms with Gasteiger partial charge in [0.25, 0.3) is 0 Å². The zero-order valence-corrected chi connectivity index (χ0v) is 12.1. The van der Waals surface area contributed by atoms with E-state index in [1.165, 1.54) is 12.1 Å². The van der Waals surface area contributed by atoms with Crippen molar-refractivity contribution in [2.24, 2.45) is 0 Å². The lowest BCUT2D eigenvalue weighted by molar-refractivity contribution is -0.286. The molecule has 0 saturated heterocycles. The van der Waals surface area contributed by atoms with E-state index >= 15 is 0 Å². The van der Waals surface area contributed by atoms with Crippen molar-refractivity contribution in [3.63, 3.8) is 0 Å². The average molecular weight is 317 g/mol. The number of hydrogen-bond donors (Lipinski definition) is 1. The Kier molecular flexibility index (Phi) is 3.01. The van der Waals surface area contributed by atoms with E-state index in [1.807, 2.05) is 18.2 Å². The summed E-state index contributed by atoms with van der Waals surface area (Å²) < 4.78 is 35.1. The van der Waals surface area contributed by atoms with Crippen LogP contribution in [-0.2, 0) is 11.2 Å². The zero-order chi connectivity index (χ0) is 16.0. The summed E-state index contributed by atoms with van der Waals surface area (Å²) in [7, 11) is 0. The van der Waals surface area contributed by atoms with E-state index < -0.39 is 6.29 Å². The fourth-order valence-corrected chi connectivity index (χ4v) is 2.88. The summed E-state index contributed by atoms with van der Waals surface area (Å²) in [5.74, 6) is 0.0679. The molecule has 0 fully saturated rings. The Balaban J connectivity index is 1.70. The third-order valence-electron chi connectivity index (χ3n) is 3.96. The fraction of sp³-hybridized carbons (Fsp3) is 0.235. The van der Waals surface area contributed by atoms with Crippen LogP contribution in [-0.4, -0.2) is 12.2 Å². The molecule has 2 aliphatic heterocycles. The van der Waals surface area contributed by atoms with Gasteiger partial charge in [-0.25, -0.2) is 0 Å². The molecule has 2 heterocycles. The van der Waals surface area contributed by atoms with Crippen molar-refractivity contribution in [2.75, 3.05) is 5.32 Å². The van der Waals surface area contributed by atoms with Crippen molar-refractivity contribution in [3.8, 4) is 22.6 Å². The van der Waals surface area contributed by atoms with Gasteiger partial charge in [0.15, 0.2) is 11.5 Å². The molecule has 4 nitrogen and oxygen atoms in total. The van der Waals surface area contributed by atoms with Gasteiger partial charge in [0.05, 0.1) is 0 Å². The molecule has 0 saturated carbocycles. The van der Waals surface area contributed by atoms with E-state index in [4.69, 9.17) is 0 Å². The van der Waals surface area contributed by atoms with Crippen LogP contribution in [0.3, 0.4) is 0 Å². The van der Waals surface area contributed by atoms with Gasteiger partial charge in [0.2, 0.25) is 5.91 Å². The van der Waals surface area contributed by atoms with Crippen molar-refractivity contribution >= 4 is 11.6 Å². The monoisotopic (exact) mass is 317 g/mol. The number of ether oxygens (including phenoxy) is 2. The summed E-state index contributed by atoms with van der Waals surface area (Å²) in [6.07, 6.45) is -1.53. The van der Waals surface area contributed by atoms with Crippen molar-refractivity contribution in [1.82, 2.24) is 0 Å². The zero-order valence-electron chi connectivity index (χ0n) is 12.1. The van der Waals surface area contributed by atoms with Crippen LogP contribution < -0.4 is 14.8 Å². The van der Waals surface area contributed by atoms with Gasteiger partial charge in [-0.3, -0.25) is 4.79 Å². The van der Waals surface area contributed by atoms with Crippen LogP contribution in [0.2, 0.25) is 0 Å². The minimum atomic E-state index is -3.61. The van der Waals surface area contributed by atoms with E-state index in [2.05, 4.69) is 14.8 Å². The van der Waals surface area contributed by atoms with Gasteiger partial charge >= 0.3 is 6.29 Å². The van der Waals surface area contributed by atoms with Crippen LogP contribution in [0.25, 0.3) is 11.1 Å². The number of amides is 1. The van der Waals surface area contributed by atoms with E-state index in [0.717, 1.165) is 35.2 Å². The normalized spacial score (nSPS) is 18.1. The van der Waals surface area contributed by atoms with E-state index in [-0.39, 0.29) is 17.4 Å². The SMILES string of the molecule is O=C1CCCc2cc(-c3ccc4c(c3)OC(F)(F)O4)ccc2N1. The standard InChI is InChI=1S/C17H13F2NO3/c18-17(19)22-14-7-5-11(9-15(14)23-17)10-4-6-13-12(8-10)2-1-3-16(21)20-13/h4-9H,1-3H2,(H,20,21). The van der Waals surface area contributed by atoms with Crippen molar-refractivity contribution in [2.45, 2.75) is 25.6 Å². The molecule has 0 aromatic heterocycles. The highest BCUT2D eigenvalue weighted by Crippen LogP contribution is 2.43. The van der Waals surface area contributed by atoms with E-state index in [9.17, 15) is 13.6 Å². The molecule has 2 aromatic carbocycles. The number of rotatable bonds is 1. The molecule has 2 aliphatic rings. The predicted octanol–water partition coefficient (Wildman–Crippen LogP) is 3.95. The van der Waals surface area contributed by atoms with Gasteiger partial charge in [-0.15, -0.1) is 8.78 Å². The van der Waals surface area contributed by atoms with Crippen molar-refractivity contribution in [3.05, 3.63) is 42.0 Å². The van der Waals surface area contributed by atoms with Gasteiger partial charge in [-0.1, -0.05) is 12.1 Å². The Morgan fingerprint density at radius 3 is 2.57 bits per heavy atom. The second-order valence-electron chi connectivity index (χ2n) is 5.60. The topological polar surface area (TPSA) is 47.6 Å². The molecular weight excluding hydrogens is 304 g/mol. The highest BCUT2D eigenvalue weighted by atomic mass is 19.3. The number of carbonyl (C=O) groups excluding carboxylic acids is 1. The highest BCUT2D eigenvalue weighted by molar-refractivity contribution is 5.92. The first-order valence-corrected chi connectivity index (χ1v) is 7.33. The quantitative estimate of drug-likeness (QED) is 0.866. The van der Waals surface area contributed by atoms with E-state index in [1.54, 1.807) is 6.07 Å². The van der Waals surface area contributed by atoms with Gasteiger partial charge in [0, 0.05) is 12.1 Å². The van der Waals surface area contributed by atoms with Gasteiger partial charge in [0.1, 0.15) is 0 Å². The van der Waals surface area contributed by atoms with Crippen LogP contribution in [0.1, 0.15) is 18.4 Å². The van der Waals surface area contributed by atoms with Gasteiger partial charge < -0.3 is 14.8 Å². The molecule has 4 rings (SSSR count). The Bertz CT molecular complexity index is 804. The first kappa shape index (κ1) is 14.0. The second kappa shape index (κ2) is 4.94. The molecule has 0 spiro atoms. The maximum absolute atomic E-state index is 13.1. The number of nitrogens with one attached hydrogen (secondary N) is 1. The summed E-state index contributed by atoms with van der Waals surface area (Å²) in [5.41, 5.74) is 3.48. The molecular formula is C17H13F2NO3. The molecule has 2 aromatic rings. The van der Waals surface area contributed by atoms with Gasteiger partial charge in [-0.2, -0.15) is 0 Å². The van der Waals surface area contributed by atoms with Crippen LogP contribution in [0.5, 0.6) is 11.5 Å². The van der Waals surface area contributed by atoms with Crippen molar-refractivity contribution < 1.29 is 23.0 Å². The Hall–Kier alpha value is -2.63. The number of halogens is 2. The Morgan fingerprint density at radius 2 is 1.70 bits per heavy atom. The van der Waals surface area contributed by atoms with E-state index in [0.29, 0.717) is 6.42 Å². The first-order chi connectivity index (χ1) is 11.0. The summed E-state index contributed by atoms with van der Waals surface area (Å²) in [5, 5.41) is 2.87. The number of alkyl halides is 2. The lowest BCUT2D eigenvalue weighted by Crippen LogP contribution is -2.25. The summed E-state index contributed by atoms with van der Waals surface area (Å²) in [6.45, 7) is 0. The number of hydrogen-bond acceptors (Lipinski definition) is 3. The molecule has 0 aliphatic carbocycles. The predicted molar refractivity (Wildman–Crippen MR) is 79.6 cm³/mol. The van der Waals surface area contributed by atoms with Crippen LogP contribution in [0.4, 0.5) is 14.5 Å². The van der Waals surface area contributed by atoms with Crippen LogP contribution >= 0.6 is 0 Å². The van der Waals surface area contributed by atoms with Crippen LogP contribution in [0.15, 0.2) is 36.4 Å². The lowest BCUT2D eigenvalue weighted by atomic mass is 9.99. The Morgan fingerprint density at radius 1 is 0.957 bits per heavy atom. The molecule has 118 valence electrons. The number of benzene rings is 2. The molecule has 6 heteroatoms. The lowest BCUT2D eigenvalue weighted by Gasteiger charge is -2.10. The second-order valence-corrected chi connectivity index (χ2v) is 5.60. The molecule has 0 atom stereocenters. The number of fused-ring (bicyclic) bond motifs is 2.